The van der Waals surface area contributed by atoms with Gasteiger partial charge in [-0.3, -0.25) is 4.21 Å². The van der Waals surface area contributed by atoms with Crippen LogP contribution in [-0.4, -0.2) is 15.3 Å². The van der Waals surface area contributed by atoms with E-state index in [2.05, 4.69) is 0 Å². The van der Waals surface area contributed by atoms with E-state index in [1.54, 1.807) is 0 Å². The van der Waals surface area contributed by atoms with Crippen LogP contribution in [0, 0.1) is 13.8 Å². The number of benzene rings is 1. The molecule has 2 aromatic rings. The zero-order valence-corrected chi connectivity index (χ0v) is 11.5. The van der Waals surface area contributed by atoms with Crippen LogP contribution in [0.5, 0.6) is 0 Å². The summed E-state index contributed by atoms with van der Waals surface area (Å²) < 4.78 is 17.2. The zero-order chi connectivity index (χ0) is 14.0. The van der Waals surface area contributed by atoms with Gasteiger partial charge in [0.05, 0.1) is 16.6 Å². The summed E-state index contributed by atoms with van der Waals surface area (Å²) in [5, 5.41) is 8.96. The SMILES string of the molecule is Cc1cccc(C)c1CS(=O)c1ccc(C(=O)O)o1. The molecular formula is C14H14O4S. The maximum atomic E-state index is 12.2. The lowest BCUT2D eigenvalue weighted by Crippen LogP contribution is -2.00. The van der Waals surface area contributed by atoms with Crippen LogP contribution < -0.4 is 0 Å². The van der Waals surface area contributed by atoms with Crippen molar-refractivity contribution >= 4 is 16.8 Å². The summed E-state index contributed by atoms with van der Waals surface area (Å²) in [5.74, 6) is -1.02. The lowest BCUT2D eigenvalue weighted by molar-refractivity contribution is 0.0656. The maximum absolute atomic E-state index is 12.2. The van der Waals surface area contributed by atoms with E-state index in [0.29, 0.717) is 5.75 Å². The molecule has 5 heteroatoms. The van der Waals surface area contributed by atoms with Gasteiger partial charge in [0.15, 0.2) is 5.09 Å². The zero-order valence-electron chi connectivity index (χ0n) is 10.7. The van der Waals surface area contributed by atoms with Gasteiger partial charge in [0.25, 0.3) is 0 Å². The number of furan rings is 1. The van der Waals surface area contributed by atoms with E-state index in [9.17, 15) is 9.00 Å². The van der Waals surface area contributed by atoms with Crippen molar-refractivity contribution in [3.8, 4) is 0 Å². The van der Waals surface area contributed by atoms with Crippen molar-refractivity contribution in [1.82, 2.24) is 0 Å². The Morgan fingerprint density at radius 2 is 1.84 bits per heavy atom. The van der Waals surface area contributed by atoms with Crippen molar-refractivity contribution in [1.29, 1.82) is 0 Å². The third-order valence-corrected chi connectivity index (χ3v) is 4.16. The molecule has 1 aromatic heterocycles. The highest BCUT2D eigenvalue weighted by Gasteiger charge is 2.15. The molecule has 0 spiro atoms. The van der Waals surface area contributed by atoms with Crippen molar-refractivity contribution in [2.24, 2.45) is 0 Å². The van der Waals surface area contributed by atoms with Crippen molar-refractivity contribution < 1.29 is 18.5 Å². The fourth-order valence-electron chi connectivity index (χ4n) is 1.84. The molecule has 100 valence electrons. The standard InChI is InChI=1S/C14H14O4S/c1-9-4-3-5-10(2)11(9)8-19(17)13-7-6-12(18-13)14(15)16/h3-7H,8H2,1-2H3,(H,15,16). The quantitative estimate of drug-likeness (QED) is 0.933. The predicted molar refractivity (Wildman–Crippen MR) is 71.7 cm³/mol. The van der Waals surface area contributed by atoms with E-state index < -0.39 is 16.8 Å². The van der Waals surface area contributed by atoms with Gasteiger partial charge in [-0.15, -0.1) is 0 Å². The second kappa shape index (κ2) is 5.40. The number of hydrogen-bond donors (Lipinski definition) is 1. The minimum atomic E-state index is -1.38. The monoisotopic (exact) mass is 278 g/mol. The molecule has 0 aliphatic heterocycles. The number of rotatable bonds is 4. The Morgan fingerprint density at radius 1 is 1.21 bits per heavy atom. The Bertz CT molecular complexity index is 622. The van der Waals surface area contributed by atoms with Crippen molar-refractivity contribution in [2.75, 3.05) is 0 Å². The van der Waals surface area contributed by atoms with Gasteiger partial charge in [0.1, 0.15) is 0 Å². The molecule has 19 heavy (non-hydrogen) atoms. The van der Waals surface area contributed by atoms with Crippen LogP contribution in [0.25, 0.3) is 0 Å². The van der Waals surface area contributed by atoms with Crippen LogP contribution in [-0.2, 0) is 16.6 Å². The van der Waals surface area contributed by atoms with Crippen LogP contribution in [0.3, 0.4) is 0 Å². The smallest absolute Gasteiger partial charge is 0.371 e. The first kappa shape index (κ1) is 13.5. The van der Waals surface area contributed by atoms with Gasteiger partial charge in [-0.25, -0.2) is 4.79 Å². The third kappa shape index (κ3) is 2.93. The van der Waals surface area contributed by atoms with Crippen LogP contribution >= 0.6 is 0 Å². The fourth-order valence-corrected chi connectivity index (χ4v) is 3.10. The van der Waals surface area contributed by atoms with Gasteiger partial charge in [0.2, 0.25) is 5.76 Å². The lowest BCUT2D eigenvalue weighted by Gasteiger charge is -2.08. The van der Waals surface area contributed by atoms with E-state index in [1.807, 2.05) is 32.0 Å². The van der Waals surface area contributed by atoms with Crippen molar-refractivity contribution in [3.05, 3.63) is 52.8 Å². The summed E-state index contributed by atoms with van der Waals surface area (Å²) in [4.78, 5) is 10.7. The van der Waals surface area contributed by atoms with Crippen molar-refractivity contribution in [2.45, 2.75) is 24.7 Å². The summed E-state index contributed by atoms with van der Waals surface area (Å²) in [6.45, 7) is 3.93. The molecule has 0 amide bonds. The average molecular weight is 278 g/mol. The van der Waals surface area contributed by atoms with Gasteiger partial charge >= 0.3 is 5.97 Å². The molecule has 1 heterocycles. The number of aromatic carboxylic acids is 1. The van der Waals surface area contributed by atoms with E-state index in [-0.39, 0.29) is 10.9 Å². The Morgan fingerprint density at radius 3 is 2.37 bits per heavy atom. The Hall–Kier alpha value is -1.88. The lowest BCUT2D eigenvalue weighted by atomic mass is 10.1. The molecule has 1 unspecified atom stereocenters. The number of aryl methyl sites for hydroxylation is 2. The highest BCUT2D eigenvalue weighted by atomic mass is 32.2. The molecule has 0 saturated heterocycles. The van der Waals surface area contributed by atoms with E-state index in [4.69, 9.17) is 9.52 Å². The van der Waals surface area contributed by atoms with Crippen LogP contribution in [0.2, 0.25) is 0 Å². The largest absolute Gasteiger partial charge is 0.475 e. The van der Waals surface area contributed by atoms with E-state index in [1.165, 1.54) is 12.1 Å². The Balaban J connectivity index is 2.23. The summed E-state index contributed by atoms with van der Waals surface area (Å²) in [5.41, 5.74) is 3.14. The first-order chi connectivity index (χ1) is 8.99. The molecule has 0 saturated carbocycles. The Labute approximate surface area is 113 Å². The summed E-state index contributed by atoms with van der Waals surface area (Å²) in [6, 6.07) is 8.65. The second-order valence-corrected chi connectivity index (χ2v) is 5.67. The summed E-state index contributed by atoms with van der Waals surface area (Å²) in [7, 11) is -1.38. The normalized spacial score (nSPS) is 12.3. The van der Waals surface area contributed by atoms with Gasteiger partial charge in [-0.2, -0.15) is 0 Å². The second-order valence-electron chi connectivity index (χ2n) is 4.28. The third-order valence-electron chi connectivity index (χ3n) is 2.94. The molecule has 0 radical (unpaired) electrons. The highest BCUT2D eigenvalue weighted by molar-refractivity contribution is 7.84. The summed E-state index contributed by atoms with van der Waals surface area (Å²) >= 11 is 0. The van der Waals surface area contributed by atoms with Gasteiger partial charge in [0, 0.05) is 0 Å². The first-order valence-corrected chi connectivity index (χ1v) is 7.07. The molecule has 1 atom stereocenters. The van der Waals surface area contributed by atoms with Crippen molar-refractivity contribution in [3.63, 3.8) is 0 Å². The highest BCUT2D eigenvalue weighted by Crippen LogP contribution is 2.20. The van der Waals surface area contributed by atoms with Crippen LogP contribution in [0.1, 0.15) is 27.2 Å². The maximum Gasteiger partial charge on any atom is 0.371 e. The predicted octanol–water partition coefficient (Wildman–Crippen LogP) is 2.90. The van der Waals surface area contributed by atoms with Gasteiger partial charge in [-0.1, -0.05) is 18.2 Å². The summed E-state index contributed by atoms with van der Waals surface area (Å²) in [6.07, 6.45) is 0. The number of hydrogen-bond acceptors (Lipinski definition) is 3. The van der Waals surface area contributed by atoms with Gasteiger partial charge in [-0.05, 0) is 42.7 Å². The van der Waals surface area contributed by atoms with Crippen LogP contribution in [0.4, 0.5) is 0 Å². The molecule has 1 N–H and O–H groups in total. The van der Waals surface area contributed by atoms with E-state index >= 15 is 0 Å². The number of carboxylic acids is 1. The molecule has 0 aliphatic rings. The molecule has 0 aliphatic carbocycles. The molecule has 0 bridgehead atoms. The molecule has 1 aromatic carbocycles. The topological polar surface area (TPSA) is 67.5 Å². The average Bonchev–Trinajstić information content (AvgIpc) is 2.83. The molecular weight excluding hydrogens is 264 g/mol. The number of carboxylic acid groups (broad SMARTS) is 1. The Kier molecular flexibility index (Phi) is 3.85. The van der Waals surface area contributed by atoms with Crippen LogP contribution in [0.15, 0.2) is 39.8 Å². The minimum Gasteiger partial charge on any atom is -0.475 e. The first-order valence-electron chi connectivity index (χ1n) is 5.75. The minimum absolute atomic E-state index is 0.190. The van der Waals surface area contributed by atoms with Gasteiger partial charge < -0.3 is 9.52 Å². The molecule has 2 rings (SSSR count). The number of carbonyl (C=O) groups is 1. The molecule has 4 nitrogen and oxygen atoms in total. The molecule has 0 fully saturated rings. The fraction of sp³-hybridized carbons (Fsp3) is 0.214. The van der Waals surface area contributed by atoms with E-state index in [0.717, 1.165) is 16.7 Å².